The van der Waals surface area contributed by atoms with Crippen molar-refractivity contribution in [3.05, 3.63) is 58.1 Å². The van der Waals surface area contributed by atoms with Crippen molar-refractivity contribution < 1.29 is 4.74 Å². The summed E-state index contributed by atoms with van der Waals surface area (Å²) in [7, 11) is 0. The second-order valence-electron chi connectivity index (χ2n) is 4.12. The van der Waals surface area contributed by atoms with Gasteiger partial charge in [0.25, 0.3) is 0 Å². The molecule has 2 aromatic carbocycles. The Kier molecular flexibility index (Phi) is 4.43. The van der Waals surface area contributed by atoms with Gasteiger partial charge in [0, 0.05) is 10.2 Å². The Morgan fingerprint density at radius 2 is 1.79 bits per heavy atom. The van der Waals surface area contributed by atoms with Crippen molar-refractivity contribution in [3.63, 3.8) is 0 Å². The molecule has 0 aliphatic carbocycles. The third-order valence-corrected chi connectivity index (χ3v) is 3.39. The molecule has 2 aromatic rings. The van der Waals surface area contributed by atoms with Crippen molar-refractivity contribution in [2.75, 3.05) is 5.73 Å². The SMILES string of the molecule is N#CCc1ccc(OCc2ccc(Br)c(N)c2)cc1. The lowest BCUT2D eigenvalue weighted by Gasteiger charge is -2.08. The summed E-state index contributed by atoms with van der Waals surface area (Å²) < 4.78 is 6.55. The summed E-state index contributed by atoms with van der Waals surface area (Å²) >= 11 is 3.36. The van der Waals surface area contributed by atoms with Gasteiger partial charge in [-0.05, 0) is 51.3 Å². The molecule has 0 heterocycles. The van der Waals surface area contributed by atoms with Crippen molar-refractivity contribution in [1.29, 1.82) is 5.26 Å². The van der Waals surface area contributed by atoms with Crippen LogP contribution >= 0.6 is 15.9 Å². The standard InChI is InChI=1S/C15H13BrN2O/c16-14-6-3-12(9-15(14)18)10-19-13-4-1-11(2-5-13)7-8-17/h1-6,9H,7,10,18H2. The highest BCUT2D eigenvalue weighted by atomic mass is 79.9. The van der Waals surface area contributed by atoms with Gasteiger partial charge in [0.2, 0.25) is 0 Å². The molecule has 0 bridgehead atoms. The van der Waals surface area contributed by atoms with Crippen LogP contribution in [-0.4, -0.2) is 0 Å². The Hall–Kier alpha value is -1.99. The number of hydrogen-bond acceptors (Lipinski definition) is 3. The van der Waals surface area contributed by atoms with Gasteiger partial charge in [0.15, 0.2) is 0 Å². The molecule has 0 atom stereocenters. The van der Waals surface area contributed by atoms with E-state index in [0.29, 0.717) is 18.7 Å². The number of halogens is 1. The number of ether oxygens (including phenoxy) is 1. The van der Waals surface area contributed by atoms with Gasteiger partial charge < -0.3 is 10.5 Å². The zero-order valence-electron chi connectivity index (χ0n) is 10.3. The van der Waals surface area contributed by atoms with Gasteiger partial charge in [-0.3, -0.25) is 0 Å². The first kappa shape index (κ1) is 13.4. The Balaban J connectivity index is 1.98. The van der Waals surface area contributed by atoms with E-state index in [-0.39, 0.29) is 0 Å². The van der Waals surface area contributed by atoms with Crippen LogP contribution in [0.25, 0.3) is 0 Å². The van der Waals surface area contributed by atoms with E-state index in [0.717, 1.165) is 21.3 Å². The predicted molar refractivity (Wildman–Crippen MR) is 78.6 cm³/mol. The van der Waals surface area contributed by atoms with E-state index >= 15 is 0 Å². The minimum absolute atomic E-state index is 0.420. The molecule has 0 spiro atoms. The highest BCUT2D eigenvalue weighted by Crippen LogP contribution is 2.21. The topological polar surface area (TPSA) is 59.0 Å². The predicted octanol–water partition coefficient (Wildman–Crippen LogP) is 3.68. The summed E-state index contributed by atoms with van der Waals surface area (Å²) in [4.78, 5) is 0. The average molecular weight is 317 g/mol. The summed E-state index contributed by atoms with van der Waals surface area (Å²) in [6.45, 7) is 0.467. The van der Waals surface area contributed by atoms with Gasteiger partial charge in [0.1, 0.15) is 12.4 Å². The van der Waals surface area contributed by atoms with Crippen LogP contribution in [0.5, 0.6) is 5.75 Å². The third kappa shape index (κ3) is 3.73. The van der Waals surface area contributed by atoms with Crippen LogP contribution in [0.4, 0.5) is 5.69 Å². The van der Waals surface area contributed by atoms with E-state index in [2.05, 4.69) is 22.0 Å². The lowest BCUT2D eigenvalue weighted by Crippen LogP contribution is -1.97. The first-order valence-electron chi connectivity index (χ1n) is 5.81. The molecule has 0 fully saturated rings. The Morgan fingerprint density at radius 3 is 2.42 bits per heavy atom. The van der Waals surface area contributed by atoms with Crippen molar-refractivity contribution in [1.82, 2.24) is 0 Å². The molecule has 2 N–H and O–H groups in total. The van der Waals surface area contributed by atoms with Crippen LogP contribution in [0.2, 0.25) is 0 Å². The summed E-state index contributed by atoms with van der Waals surface area (Å²) in [5.41, 5.74) is 8.51. The zero-order chi connectivity index (χ0) is 13.7. The summed E-state index contributed by atoms with van der Waals surface area (Å²) in [6.07, 6.45) is 0.420. The van der Waals surface area contributed by atoms with E-state index in [9.17, 15) is 0 Å². The fourth-order valence-corrected chi connectivity index (χ4v) is 1.89. The van der Waals surface area contributed by atoms with E-state index in [1.807, 2.05) is 42.5 Å². The molecule has 0 aliphatic rings. The maximum Gasteiger partial charge on any atom is 0.119 e. The van der Waals surface area contributed by atoms with Crippen molar-refractivity contribution in [3.8, 4) is 11.8 Å². The number of nitrogen functional groups attached to an aromatic ring is 1. The van der Waals surface area contributed by atoms with Gasteiger partial charge in [-0.25, -0.2) is 0 Å². The molecule has 3 nitrogen and oxygen atoms in total. The highest BCUT2D eigenvalue weighted by molar-refractivity contribution is 9.10. The van der Waals surface area contributed by atoms with E-state index in [1.165, 1.54) is 0 Å². The molecule has 0 radical (unpaired) electrons. The molecule has 0 unspecified atom stereocenters. The van der Waals surface area contributed by atoms with Crippen LogP contribution in [0, 0.1) is 11.3 Å². The molecule has 0 saturated heterocycles. The zero-order valence-corrected chi connectivity index (χ0v) is 11.9. The normalized spacial score (nSPS) is 9.89. The Bertz CT molecular complexity index is 603. The van der Waals surface area contributed by atoms with Gasteiger partial charge in [0.05, 0.1) is 12.5 Å². The first-order chi connectivity index (χ1) is 9.19. The molecule has 0 aliphatic heterocycles. The van der Waals surface area contributed by atoms with Crippen molar-refractivity contribution >= 4 is 21.6 Å². The lowest BCUT2D eigenvalue weighted by molar-refractivity contribution is 0.306. The molecule has 96 valence electrons. The lowest BCUT2D eigenvalue weighted by atomic mass is 10.1. The number of nitrogens with zero attached hydrogens (tertiary/aromatic N) is 1. The van der Waals surface area contributed by atoms with Crippen LogP contribution in [0.3, 0.4) is 0 Å². The van der Waals surface area contributed by atoms with Gasteiger partial charge in [-0.15, -0.1) is 0 Å². The summed E-state index contributed by atoms with van der Waals surface area (Å²) in [5.74, 6) is 0.781. The molecule has 0 saturated carbocycles. The van der Waals surface area contributed by atoms with Crippen molar-refractivity contribution in [2.24, 2.45) is 0 Å². The minimum Gasteiger partial charge on any atom is -0.489 e. The first-order valence-corrected chi connectivity index (χ1v) is 6.61. The van der Waals surface area contributed by atoms with Gasteiger partial charge >= 0.3 is 0 Å². The maximum absolute atomic E-state index is 8.59. The smallest absolute Gasteiger partial charge is 0.119 e. The van der Waals surface area contributed by atoms with Crippen LogP contribution in [0.1, 0.15) is 11.1 Å². The van der Waals surface area contributed by atoms with Crippen LogP contribution in [0.15, 0.2) is 46.9 Å². The highest BCUT2D eigenvalue weighted by Gasteiger charge is 2.00. The molecule has 4 heteroatoms. The maximum atomic E-state index is 8.59. The Morgan fingerprint density at radius 1 is 1.11 bits per heavy atom. The van der Waals surface area contributed by atoms with E-state index in [4.69, 9.17) is 15.7 Å². The largest absolute Gasteiger partial charge is 0.489 e. The number of nitriles is 1. The van der Waals surface area contributed by atoms with Crippen molar-refractivity contribution in [2.45, 2.75) is 13.0 Å². The van der Waals surface area contributed by atoms with Crippen LogP contribution < -0.4 is 10.5 Å². The van der Waals surface area contributed by atoms with Gasteiger partial charge in [-0.1, -0.05) is 18.2 Å². The van der Waals surface area contributed by atoms with Crippen LogP contribution in [-0.2, 0) is 13.0 Å². The molecule has 0 aromatic heterocycles. The molecular formula is C15H13BrN2O. The number of nitrogens with two attached hydrogens (primary N) is 1. The Labute approximate surface area is 120 Å². The quantitative estimate of drug-likeness (QED) is 0.875. The average Bonchev–Trinajstić information content (AvgIpc) is 2.42. The molecular weight excluding hydrogens is 304 g/mol. The monoisotopic (exact) mass is 316 g/mol. The number of rotatable bonds is 4. The number of hydrogen-bond donors (Lipinski definition) is 1. The third-order valence-electron chi connectivity index (χ3n) is 2.67. The van der Waals surface area contributed by atoms with E-state index in [1.54, 1.807) is 0 Å². The summed E-state index contributed by atoms with van der Waals surface area (Å²) in [6, 6.07) is 15.4. The number of anilines is 1. The fourth-order valence-electron chi connectivity index (χ4n) is 1.64. The van der Waals surface area contributed by atoms with Gasteiger partial charge in [-0.2, -0.15) is 5.26 Å². The second-order valence-corrected chi connectivity index (χ2v) is 4.98. The second kappa shape index (κ2) is 6.26. The number of benzene rings is 2. The summed E-state index contributed by atoms with van der Waals surface area (Å²) in [5, 5.41) is 8.59. The van der Waals surface area contributed by atoms with E-state index < -0.39 is 0 Å². The fraction of sp³-hybridized carbons (Fsp3) is 0.133. The molecule has 2 rings (SSSR count). The molecule has 19 heavy (non-hydrogen) atoms. The molecule has 0 amide bonds. The minimum atomic E-state index is 0.420.